The average Bonchev–Trinajstić information content (AvgIpc) is 3.60. The fourth-order valence-corrected chi connectivity index (χ4v) is 5.67. The van der Waals surface area contributed by atoms with Crippen LogP contribution in [0.25, 0.3) is 11.2 Å². The molecule has 0 amide bonds. The van der Waals surface area contributed by atoms with Crippen LogP contribution >= 0.6 is 0 Å². The molecule has 0 saturated carbocycles. The van der Waals surface area contributed by atoms with Crippen molar-refractivity contribution < 1.29 is 9.84 Å². The molecule has 0 spiro atoms. The van der Waals surface area contributed by atoms with Gasteiger partial charge in [-0.15, -0.1) is 0 Å². The van der Waals surface area contributed by atoms with Gasteiger partial charge in [0.25, 0.3) is 0 Å². The fraction of sp³-hybridized carbons (Fsp3) is 0.357. The van der Waals surface area contributed by atoms with Crippen LogP contribution in [0.15, 0.2) is 79.0 Å². The maximum absolute atomic E-state index is 10.2. The summed E-state index contributed by atoms with van der Waals surface area (Å²) in [6, 6.07) is 6.69. The second-order valence-electron chi connectivity index (χ2n) is 10.1. The summed E-state index contributed by atoms with van der Waals surface area (Å²) in [7, 11) is 0. The van der Waals surface area contributed by atoms with Crippen LogP contribution in [0, 0.1) is 0 Å². The van der Waals surface area contributed by atoms with Crippen LogP contribution in [-0.2, 0) is 6.54 Å². The van der Waals surface area contributed by atoms with Crippen molar-refractivity contribution >= 4 is 17.0 Å². The molecule has 2 N–H and O–H groups in total. The molecule has 2 fully saturated rings. The van der Waals surface area contributed by atoms with Crippen molar-refractivity contribution in [1.82, 2.24) is 34.1 Å². The minimum absolute atomic E-state index is 0.176. The number of nitrogens with zero attached hydrogens (tertiary/aromatic N) is 7. The number of nitrogens with one attached hydrogen (secondary N) is 1. The molecule has 10 heteroatoms. The van der Waals surface area contributed by atoms with Gasteiger partial charge in [0.05, 0.1) is 6.10 Å². The maximum Gasteiger partial charge on any atom is 0.158 e. The van der Waals surface area contributed by atoms with Crippen molar-refractivity contribution in [2.75, 3.05) is 5.32 Å². The van der Waals surface area contributed by atoms with Gasteiger partial charge in [-0.05, 0) is 75.0 Å². The minimum Gasteiger partial charge on any atom is -0.462 e. The molecule has 0 aromatic carbocycles. The molecule has 1 unspecified atom stereocenters. The second kappa shape index (κ2) is 10.0. The van der Waals surface area contributed by atoms with Crippen LogP contribution in [0.4, 0.5) is 5.82 Å². The van der Waals surface area contributed by atoms with Crippen molar-refractivity contribution in [1.29, 1.82) is 0 Å². The van der Waals surface area contributed by atoms with Gasteiger partial charge in [-0.3, -0.25) is 4.90 Å². The lowest BCUT2D eigenvalue weighted by atomic mass is 9.99. The molecule has 2 aliphatic heterocycles. The van der Waals surface area contributed by atoms with E-state index in [-0.39, 0.29) is 6.10 Å². The number of aliphatic hydroxyl groups excluding tert-OH is 1. The highest BCUT2D eigenvalue weighted by atomic mass is 16.5. The van der Waals surface area contributed by atoms with E-state index in [0.29, 0.717) is 17.8 Å². The largest absolute Gasteiger partial charge is 0.462 e. The molecule has 2 aliphatic rings. The first-order chi connectivity index (χ1) is 18.5. The van der Waals surface area contributed by atoms with E-state index < -0.39 is 0 Å². The molecule has 4 aromatic heterocycles. The normalized spacial score (nSPS) is 22.6. The van der Waals surface area contributed by atoms with Crippen molar-refractivity contribution in [3.63, 3.8) is 0 Å². The number of allylic oxidation sites excluding steroid dienone is 4. The molecule has 38 heavy (non-hydrogen) atoms. The van der Waals surface area contributed by atoms with E-state index in [9.17, 15) is 5.11 Å². The third-order valence-corrected chi connectivity index (χ3v) is 7.68. The predicted molar refractivity (Wildman–Crippen MR) is 144 cm³/mol. The van der Waals surface area contributed by atoms with Crippen LogP contribution in [0.2, 0.25) is 0 Å². The predicted octanol–water partition coefficient (Wildman–Crippen LogP) is 4.11. The highest BCUT2D eigenvalue weighted by Crippen LogP contribution is 2.37. The van der Waals surface area contributed by atoms with Gasteiger partial charge in [0.2, 0.25) is 0 Å². The van der Waals surface area contributed by atoms with E-state index in [1.807, 2.05) is 49.0 Å². The summed E-state index contributed by atoms with van der Waals surface area (Å²) in [4.78, 5) is 11.3. The van der Waals surface area contributed by atoms with Crippen molar-refractivity contribution in [3.05, 3.63) is 84.6 Å². The van der Waals surface area contributed by atoms with Gasteiger partial charge in [0.1, 0.15) is 29.7 Å². The van der Waals surface area contributed by atoms with Gasteiger partial charge >= 0.3 is 0 Å². The van der Waals surface area contributed by atoms with Gasteiger partial charge in [-0.2, -0.15) is 10.2 Å². The Morgan fingerprint density at radius 2 is 1.84 bits per heavy atom. The summed E-state index contributed by atoms with van der Waals surface area (Å²) < 4.78 is 9.64. The molecule has 6 heterocycles. The Balaban J connectivity index is 1.24. The summed E-state index contributed by atoms with van der Waals surface area (Å²) in [5, 5.41) is 22.2. The first-order valence-electron chi connectivity index (χ1n) is 13.0. The van der Waals surface area contributed by atoms with Gasteiger partial charge in [0.15, 0.2) is 11.5 Å². The summed E-state index contributed by atoms with van der Waals surface area (Å²) >= 11 is 0. The highest BCUT2D eigenvalue weighted by molar-refractivity contribution is 5.74. The van der Waals surface area contributed by atoms with Gasteiger partial charge in [-0.1, -0.05) is 6.58 Å². The lowest BCUT2D eigenvalue weighted by Crippen LogP contribution is -2.44. The van der Waals surface area contributed by atoms with E-state index >= 15 is 0 Å². The van der Waals surface area contributed by atoms with E-state index in [2.05, 4.69) is 43.0 Å². The summed E-state index contributed by atoms with van der Waals surface area (Å²) in [5.74, 6) is 2.17. The van der Waals surface area contributed by atoms with E-state index in [4.69, 9.17) is 4.74 Å². The quantitative estimate of drug-likeness (QED) is 0.268. The number of hydrogen-bond donors (Lipinski definition) is 2. The third-order valence-electron chi connectivity index (χ3n) is 7.68. The first kappa shape index (κ1) is 24.3. The number of pyridine rings is 1. The third kappa shape index (κ3) is 4.68. The van der Waals surface area contributed by atoms with Gasteiger partial charge in [0, 0.05) is 42.8 Å². The first-order valence-corrected chi connectivity index (χ1v) is 13.0. The standard InChI is InChI=1S/C28H32N8O2/c1-4-21(11-18(2)19(3)38-25-8-10-35-26(14-25)29-16-31-35)33-28-27-20(7-9-36(27)32-17-30-28)15-34-22-5-6-23(34)13-24(37)12-22/h4,7-11,14,16-17,22-24,37H,1,5-6,12-13,15H2,2-3H3,(H,30,32,33)/b19-18+,21-11+/t22-,23+,24?. The number of aliphatic hydroxyl groups is 1. The number of hydrogen-bond acceptors (Lipinski definition) is 8. The molecule has 0 aliphatic carbocycles. The number of anilines is 1. The Bertz CT molecular complexity index is 1540. The minimum atomic E-state index is -0.176. The Kier molecular flexibility index (Phi) is 6.42. The zero-order valence-corrected chi connectivity index (χ0v) is 21.7. The second-order valence-corrected chi connectivity index (χ2v) is 10.1. The molecule has 3 atom stereocenters. The Morgan fingerprint density at radius 3 is 2.63 bits per heavy atom. The lowest BCUT2D eigenvalue weighted by molar-refractivity contribution is 0.0312. The zero-order chi connectivity index (χ0) is 26.2. The molecule has 6 rings (SSSR count). The van der Waals surface area contributed by atoms with Gasteiger partial charge in [-0.25, -0.2) is 19.0 Å². The van der Waals surface area contributed by atoms with Crippen LogP contribution < -0.4 is 10.1 Å². The molecule has 2 saturated heterocycles. The van der Waals surface area contributed by atoms with Crippen molar-refractivity contribution in [2.24, 2.45) is 0 Å². The van der Waals surface area contributed by atoms with Gasteiger partial charge < -0.3 is 15.2 Å². The van der Waals surface area contributed by atoms with Crippen molar-refractivity contribution in [3.8, 4) is 5.75 Å². The number of fused-ring (bicyclic) bond motifs is 4. The lowest BCUT2D eigenvalue weighted by Gasteiger charge is -2.37. The number of ether oxygens (including phenoxy) is 1. The molecule has 196 valence electrons. The van der Waals surface area contributed by atoms with Crippen LogP contribution in [0.5, 0.6) is 5.75 Å². The monoisotopic (exact) mass is 512 g/mol. The molecule has 4 aromatic rings. The SMILES string of the molecule is C=C/C(=C\C(C)=C(/C)Oc1ccn2ncnc2c1)Nc1ncnn2ccc(CN3[C@@H]4CC[C@H]3CC(O)C4)c12. The van der Waals surface area contributed by atoms with E-state index in [1.165, 1.54) is 11.9 Å². The number of aromatic nitrogens is 6. The zero-order valence-electron chi connectivity index (χ0n) is 21.7. The van der Waals surface area contributed by atoms with Crippen LogP contribution in [-0.4, -0.2) is 57.4 Å². The average molecular weight is 513 g/mol. The van der Waals surface area contributed by atoms with Crippen molar-refractivity contribution in [2.45, 2.75) is 64.3 Å². The Hall–Kier alpha value is -4.02. The highest BCUT2D eigenvalue weighted by Gasteiger charge is 2.40. The fourth-order valence-electron chi connectivity index (χ4n) is 5.67. The molecular weight excluding hydrogens is 480 g/mol. The summed E-state index contributed by atoms with van der Waals surface area (Å²) in [6.07, 6.45) is 14.5. The van der Waals surface area contributed by atoms with Crippen LogP contribution in [0.1, 0.15) is 45.1 Å². The molecule has 2 bridgehead atoms. The molecule has 10 nitrogen and oxygen atoms in total. The molecule has 0 radical (unpaired) electrons. The van der Waals surface area contributed by atoms with Crippen LogP contribution in [0.3, 0.4) is 0 Å². The smallest absolute Gasteiger partial charge is 0.158 e. The number of rotatable bonds is 8. The van der Waals surface area contributed by atoms with E-state index in [0.717, 1.165) is 66.2 Å². The molecular formula is C28H32N8O2. The summed E-state index contributed by atoms with van der Waals surface area (Å²) in [6.45, 7) is 8.75. The summed E-state index contributed by atoms with van der Waals surface area (Å²) in [5.41, 5.74) is 4.58. The number of piperidine rings is 1. The Labute approximate surface area is 221 Å². The maximum atomic E-state index is 10.2. The topological polar surface area (TPSA) is 105 Å². The Morgan fingerprint density at radius 1 is 1.11 bits per heavy atom. The van der Waals surface area contributed by atoms with E-state index in [1.54, 1.807) is 16.9 Å².